The van der Waals surface area contributed by atoms with Crippen molar-refractivity contribution in [1.29, 1.82) is 0 Å². The second kappa shape index (κ2) is 5.66. The summed E-state index contributed by atoms with van der Waals surface area (Å²) in [4.78, 5) is 0.139. The van der Waals surface area contributed by atoms with Gasteiger partial charge in [0.1, 0.15) is 4.90 Å². The van der Waals surface area contributed by atoms with E-state index in [2.05, 4.69) is 4.72 Å². The van der Waals surface area contributed by atoms with Crippen LogP contribution >= 0.6 is 11.6 Å². The molecule has 5 heteroatoms. The maximum atomic E-state index is 11.8. The smallest absolute Gasteiger partial charge is 0.211 e. The van der Waals surface area contributed by atoms with E-state index in [1.807, 2.05) is 13.8 Å². The van der Waals surface area contributed by atoms with E-state index in [1.165, 1.54) is 6.07 Å². The number of benzene rings is 1. The minimum absolute atomic E-state index is 0.139. The van der Waals surface area contributed by atoms with E-state index in [9.17, 15) is 8.42 Å². The molecule has 0 aliphatic carbocycles. The standard InChI is InChI=1S/C11H16ClNO2S/c1-9(2)7-8-13-16(14,15)11-6-4-3-5-10(11)12/h3-6,9,13H,7-8H2,1-2H3. The molecule has 1 N–H and O–H groups in total. The van der Waals surface area contributed by atoms with Crippen LogP contribution in [0.5, 0.6) is 0 Å². The summed E-state index contributed by atoms with van der Waals surface area (Å²) in [7, 11) is -3.47. The quantitative estimate of drug-likeness (QED) is 0.886. The molecule has 1 rings (SSSR count). The van der Waals surface area contributed by atoms with Gasteiger partial charge in [0.25, 0.3) is 0 Å². The van der Waals surface area contributed by atoms with Crippen LogP contribution in [0.25, 0.3) is 0 Å². The third-order valence-corrected chi connectivity index (χ3v) is 4.10. The number of hydrogen-bond acceptors (Lipinski definition) is 2. The van der Waals surface area contributed by atoms with Crippen molar-refractivity contribution in [2.24, 2.45) is 5.92 Å². The summed E-state index contributed by atoms with van der Waals surface area (Å²) in [6.07, 6.45) is 0.809. The monoisotopic (exact) mass is 261 g/mol. The fourth-order valence-electron chi connectivity index (χ4n) is 1.22. The van der Waals surface area contributed by atoms with Crippen molar-refractivity contribution in [3.63, 3.8) is 0 Å². The van der Waals surface area contributed by atoms with Crippen LogP contribution in [0.15, 0.2) is 29.2 Å². The van der Waals surface area contributed by atoms with Gasteiger partial charge in [-0.1, -0.05) is 37.6 Å². The van der Waals surface area contributed by atoms with Gasteiger partial charge in [-0.3, -0.25) is 0 Å². The molecule has 1 aromatic carbocycles. The van der Waals surface area contributed by atoms with Crippen LogP contribution in [0.1, 0.15) is 20.3 Å². The molecule has 0 amide bonds. The van der Waals surface area contributed by atoms with E-state index in [1.54, 1.807) is 18.2 Å². The number of nitrogens with one attached hydrogen (secondary N) is 1. The molecule has 0 aromatic heterocycles. The number of rotatable bonds is 5. The van der Waals surface area contributed by atoms with Crippen LogP contribution in [0.4, 0.5) is 0 Å². The molecule has 0 aliphatic rings. The van der Waals surface area contributed by atoms with E-state index >= 15 is 0 Å². The van der Waals surface area contributed by atoms with Crippen LogP contribution in [0.3, 0.4) is 0 Å². The first-order valence-corrected chi connectivity index (χ1v) is 7.04. The number of hydrogen-bond donors (Lipinski definition) is 1. The molecular formula is C11H16ClNO2S. The zero-order valence-electron chi connectivity index (χ0n) is 9.40. The van der Waals surface area contributed by atoms with Crippen LogP contribution in [0.2, 0.25) is 5.02 Å². The first-order valence-electron chi connectivity index (χ1n) is 5.17. The van der Waals surface area contributed by atoms with E-state index < -0.39 is 10.0 Å². The van der Waals surface area contributed by atoms with Gasteiger partial charge in [-0.05, 0) is 24.5 Å². The Morgan fingerprint density at radius 1 is 1.31 bits per heavy atom. The van der Waals surface area contributed by atoms with Crippen molar-refractivity contribution >= 4 is 21.6 Å². The molecule has 0 heterocycles. The lowest BCUT2D eigenvalue weighted by Gasteiger charge is -2.09. The predicted molar refractivity (Wildman–Crippen MR) is 66.1 cm³/mol. The molecule has 3 nitrogen and oxygen atoms in total. The summed E-state index contributed by atoms with van der Waals surface area (Å²) in [6, 6.07) is 6.43. The Morgan fingerprint density at radius 2 is 1.94 bits per heavy atom. The Bertz CT molecular complexity index is 443. The minimum Gasteiger partial charge on any atom is -0.211 e. The van der Waals surface area contributed by atoms with Gasteiger partial charge >= 0.3 is 0 Å². The first-order chi connectivity index (χ1) is 7.43. The minimum atomic E-state index is -3.47. The fourth-order valence-corrected chi connectivity index (χ4v) is 2.79. The molecule has 0 bridgehead atoms. The molecule has 0 atom stereocenters. The molecule has 0 fully saturated rings. The molecule has 0 aliphatic heterocycles. The largest absolute Gasteiger partial charge is 0.242 e. The molecule has 0 unspecified atom stereocenters. The van der Waals surface area contributed by atoms with E-state index in [-0.39, 0.29) is 9.92 Å². The molecule has 0 spiro atoms. The fraction of sp³-hybridized carbons (Fsp3) is 0.455. The number of sulfonamides is 1. The summed E-state index contributed by atoms with van der Waals surface area (Å²) in [5, 5.41) is 0.250. The van der Waals surface area contributed by atoms with E-state index in [4.69, 9.17) is 11.6 Å². The van der Waals surface area contributed by atoms with E-state index in [0.717, 1.165) is 6.42 Å². The van der Waals surface area contributed by atoms with Crippen LogP contribution in [-0.2, 0) is 10.0 Å². The Balaban J connectivity index is 2.75. The van der Waals surface area contributed by atoms with Crippen molar-refractivity contribution in [1.82, 2.24) is 4.72 Å². The van der Waals surface area contributed by atoms with Crippen LogP contribution in [0, 0.1) is 5.92 Å². The van der Waals surface area contributed by atoms with E-state index in [0.29, 0.717) is 12.5 Å². The zero-order chi connectivity index (χ0) is 12.2. The highest BCUT2D eigenvalue weighted by atomic mass is 35.5. The highest BCUT2D eigenvalue weighted by Crippen LogP contribution is 2.20. The van der Waals surface area contributed by atoms with Gasteiger partial charge in [0, 0.05) is 6.54 Å². The topological polar surface area (TPSA) is 46.2 Å². The van der Waals surface area contributed by atoms with Crippen molar-refractivity contribution in [3.05, 3.63) is 29.3 Å². The predicted octanol–water partition coefficient (Wildman–Crippen LogP) is 2.66. The Morgan fingerprint density at radius 3 is 2.50 bits per heavy atom. The van der Waals surface area contributed by atoms with Crippen molar-refractivity contribution in [3.8, 4) is 0 Å². The zero-order valence-corrected chi connectivity index (χ0v) is 11.0. The SMILES string of the molecule is CC(C)CCNS(=O)(=O)c1ccccc1Cl. The van der Waals surface area contributed by atoms with Crippen molar-refractivity contribution in [2.45, 2.75) is 25.2 Å². The van der Waals surface area contributed by atoms with Crippen molar-refractivity contribution < 1.29 is 8.42 Å². The molecule has 90 valence electrons. The second-order valence-electron chi connectivity index (χ2n) is 4.01. The Kier molecular flexibility index (Phi) is 4.77. The van der Waals surface area contributed by atoms with Gasteiger partial charge in [0.05, 0.1) is 5.02 Å². The summed E-state index contributed by atoms with van der Waals surface area (Å²) >= 11 is 5.83. The van der Waals surface area contributed by atoms with Crippen LogP contribution < -0.4 is 4.72 Å². The molecule has 0 saturated heterocycles. The average molecular weight is 262 g/mol. The van der Waals surface area contributed by atoms with Crippen molar-refractivity contribution in [2.75, 3.05) is 6.54 Å². The third kappa shape index (κ3) is 3.77. The summed E-state index contributed by atoms with van der Waals surface area (Å²) in [5.41, 5.74) is 0. The van der Waals surface area contributed by atoms with Gasteiger partial charge in [0.15, 0.2) is 0 Å². The van der Waals surface area contributed by atoms with Gasteiger partial charge < -0.3 is 0 Å². The molecule has 16 heavy (non-hydrogen) atoms. The lowest BCUT2D eigenvalue weighted by atomic mass is 10.1. The summed E-state index contributed by atoms with van der Waals surface area (Å²) < 4.78 is 26.2. The normalized spacial score (nSPS) is 12.0. The summed E-state index contributed by atoms with van der Waals surface area (Å²) in [5.74, 6) is 0.467. The van der Waals surface area contributed by atoms with Gasteiger partial charge in [0.2, 0.25) is 10.0 Å². The molecular weight excluding hydrogens is 246 g/mol. The second-order valence-corrected chi connectivity index (χ2v) is 6.15. The van der Waals surface area contributed by atoms with Gasteiger partial charge in [-0.2, -0.15) is 0 Å². The maximum absolute atomic E-state index is 11.8. The maximum Gasteiger partial charge on any atom is 0.242 e. The number of halogens is 1. The highest BCUT2D eigenvalue weighted by Gasteiger charge is 2.16. The Labute approximate surface area is 102 Å². The molecule has 1 aromatic rings. The summed E-state index contributed by atoms with van der Waals surface area (Å²) in [6.45, 7) is 4.53. The Hall–Kier alpha value is -0.580. The van der Waals surface area contributed by atoms with Crippen LogP contribution in [-0.4, -0.2) is 15.0 Å². The van der Waals surface area contributed by atoms with Gasteiger partial charge in [-0.15, -0.1) is 0 Å². The van der Waals surface area contributed by atoms with Gasteiger partial charge in [-0.25, -0.2) is 13.1 Å². The highest BCUT2D eigenvalue weighted by molar-refractivity contribution is 7.89. The molecule has 0 saturated carbocycles. The third-order valence-electron chi connectivity index (χ3n) is 2.14. The molecule has 0 radical (unpaired) electrons. The first kappa shape index (κ1) is 13.5. The average Bonchev–Trinajstić information content (AvgIpc) is 2.17. The lowest BCUT2D eigenvalue weighted by molar-refractivity contribution is 0.551. The lowest BCUT2D eigenvalue weighted by Crippen LogP contribution is -2.25.